The maximum Gasteiger partial charge on any atom is 0.178 e. The molecular formula is C10H13N5S. The second-order valence-corrected chi connectivity index (χ2v) is 4.57. The molecule has 2 aromatic heterocycles. The van der Waals surface area contributed by atoms with Gasteiger partial charge < -0.3 is 5.73 Å². The number of nitrogen functional groups attached to an aromatic ring is 1. The number of nitrogens with zero attached hydrogens (tertiary/aromatic N) is 4. The van der Waals surface area contributed by atoms with Crippen LogP contribution in [0.5, 0.6) is 0 Å². The molecule has 0 aliphatic rings. The molecule has 0 radical (unpaired) electrons. The van der Waals surface area contributed by atoms with Gasteiger partial charge in [0.05, 0.1) is 5.69 Å². The van der Waals surface area contributed by atoms with Crippen LogP contribution in [-0.2, 0) is 0 Å². The summed E-state index contributed by atoms with van der Waals surface area (Å²) in [7, 11) is 0. The van der Waals surface area contributed by atoms with E-state index in [4.69, 9.17) is 5.73 Å². The molecule has 16 heavy (non-hydrogen) atoms. The quantitative estimate of drug-likeness (QED) is 0.819. The van der Waals surface area contributed by atoms with E-state index in [2.05, 4.69) is 22.2 Å². The zero-order chi connectivity index (χ0) is 11.5. The first-order valence-corrected chi connectivity index (χ1v) is 5.98. The summed E-state index contributed by atoms with van der Waals surface area (Å²) in [5.74, 6) is 2.19. The topological polar surface area (TPSA) is 69.6 Å². The first kappa shape index (κ1) is 10.9. The van der Waals surface area contributed by atoms with Crippen molar-refractivity contribution in [2.24, 2.45) is 0 Å². The minimum Gasteiger partial charge on any atom is -0.383 e. The van der Waals surface area contributed by atoms with Crippen molar-refractivity contribution in [2.45, 2.75) is 18.9 Å². The average Bonchev–Trinajstić information content (AvgIpc) is 2.61. The first-order chi connectivity index (χ1) is 7.70. The Balaban J connectivity index is 2.36. The monoisotopic (exact) mass is 235 g/mol. The molecule has 0 aliphatic heterocycles. The van der Waals surface area contributed by atoms with Gasteiger partial charge in [0.2, 0.25) is 0 Å². The minimum atomic E-state index is 0.578. The summed E-state index contributed by atoms with van der Waals surface area (Å²) < 4.78 is 1.60. The van der Waals surface area contributed by atoms with Crippen molar-refractivity contribution in [3.63, 3.8) is 0 Å². The molecule has 0 unspecified atom stereocenters. The maximum absolute atomic E-state index is 5.86. The van der Waals surface area contributed by atoms with Gasteiger partial charge in [-0.3, -0.25) is 0 Å². The molecule has 0 aliphatic carbocycles. The van der Waals surface area contributed by atoms with E-state index in [0.29, 0.717) is 11.6 Å². The summed E-state index contributed by atoms with van der Waals surface area (Å²) in [4.78, 5) is 0. The molecule has 2 heterocycles. The van der Waals surface area contributed by atoms with E-state index in [9.17, 15) is 0 Å². The first-order valence-electron chi connectivity index (χ1n) is 4.99. The van der Waals surface area contributed by atoms with Crippen LogP contribution in [-0.4, -0.2) is 25.7 Å². The van der Waals surface area contributed by atoms with Crippen molar-refractivity contribution in [1.82, 2.24) is 20.0 Å². The Labute approximate surface area is 98.1 Å². The Morgan fingerprint density at radius 3 is 2.81 bits per heavy atom. The third-order valence-corrected chi connectivity index (χ3v) is 2.79. The van der Waals surface area contributed by atoms with E-state index < -0.39 is 0 Å². The largest absolute Gasteiger partial charge is 0.383 e. The molecule has 0 aromatic carbocycles. The number of nitrogens with two attached hydrogens (primary N) is 1. The number of hydrogen-bond donors (Lipinski definition) is 1. The summed E-state index contributed by atoms with van der Waals surface area (Å²) >= 11 is 1.65. The molecule has 2 aromatic rings. The van der Waals surface area contributed by atoms with Crippen LogP contribution in [0.15, 0.2) is 23.2 Å². The molecule has 2 rings (SSSR count). The van der Waals surface area contributed by atoms with Gasteiger partial charge in [0.1, 0.15) is 10.8 Å². The molecule has 5 nitrogen and oxygen atoms in total. The van der Waals surface area contributed by atoms with E-state index in [0.717, 1.165) is 16.5 Å². The van der Waals surface area contributed by atoms with Crippen molar-refractivity contribution in [3.8, 4) is 5.82 Å². The number of aryl methyl sites for hydroxylation is 1. The Morgan fingerprint density at radius 1 is 1.38 bits per heavy atom. The van der Waals surface area contributed by atoms with Crippen LogP contribution in [0.3, 0.4) is 0 Å². The summed E-state index contributed by atoms with van der Waals surface area (Å²) in [5.41, 5.74) is 6.73. The zero-order valence-corrected chi connectivity index (χ0v) is 10.0. The van der Waals surface area contributed by atoms with E-state index in [-0.39, 0.29) is 0 Å². The van der Waals surface area contributed by atoms with E-state index in [1.807, 2.05) is 25.1 Å². The lowest BCUT2D eigenvalue weighted by Gasteiger charge is -2.01. The Morgan fingerprint density at radius 2 is 2.19 bits per heavy atom. The normalized spacial score (nSPS) is 10.6. The van der Waals surface area contributed by atoms with Crippen molar-refractivity contribution in [2.75, 3.05) is 11.5 Å². The van der Waals surface area contributed by atoms with E-state index >= 15 is 0 Å². The summed E-state index contributed by atoms with van der Waals surface area (Å²) in [5, 5.41) is 13.3. The van der Waals surface area contributed by atoms with Crippen LogP contribution >= 0.6 is 11.8 Å². The van der Waals surface area contributed by atoms with Gasteiger partial charge >= 0.3 is 0 Å². The van der Waals surface area contributed by atoms with Gasteiger partial charge in [-0.15, -0.1) is 16.9 Å². The van der Waals surface area contributed by atoms with Crippen molar-refractivity contribution in [3.05, 3.63) is 23.9 Å². The smallest absolute Gasteiger partial charge is 0.178 e. The number of anilines is 1. The highest BCUT2D eigenvalue weighted by atomic mass is 32.2. The molecule has 0 saturated carbocycles. The standard InChI is InChI=1S/C10H13N5S/c1-3-16-10-6-8(11)15(14-10)9-5-4-7(2)12-13-9/h4-6H,3,11H2,1-2H3. The predicted octanol–water partition coefficient (Wildman–Crippen LogP) is 1.66. The molecule has 2 N–H and O–H groups in total. The molecular weight excluding hydrogens is 222 g/mol. The Bertz CT molecular complexity index is 476. The molecule has 0 bridgehead atoms. The van der Waals surface area contributed by atoms with Gasteiger partial charge in [0.25, 0.3) is 0 Å². The van der Waals surface area contributed by atoms with Crippen LogP contribution in [0.25, 0.3) is 5.82 Å². The van der Waals surface area contributed by atoms with Crippen molar-refractivity contribution >= 4 is 17.6 Å². The molecule has 0 spiro atoms. The lowest BCUT2D eigenvalue weighted by atomic mass is 10.4. The van der Waals surface area contributed by atoms with Gasteiger partial charge in [0, 0.05) is 6.07 Å². The number of rotatable bonds is 3. The fraction of sp³-hybridized carbons (Fsp3) is 0.300. The predicted molar refractivity (Wildman–Crippen MR) is 64.7 cm³/mol. The van der Waals surface area contributed by atoms with Crippen molar-refractivity contribution in [1.29, 1.82) is 0 Å². The SMILES string of the molecule is CCSc1cc(N)n(-c2ccc(C)nn2)n1. The van der Waals surface area contributed by atoms with E-state index in [1.54, 1.807) is 16.4 Å². The highest BCUT2D eigenvalue weighted by Gasteiger charge is 2.07. The molecule has 0 amide bonds. The zero-order valence-electron chi connectivity index (χ0n) is 9.21. The fourth-order valence-electron chi connectivity index (χ4n) is 1.28. The lowest BCUT2D eigenvalue weighted by Crippen LogP contribution is -2.05. The highest BCUT2D eigenvalue weighted by molar-refractivity contribution is 7.99. The maximum atomic E-state index is 5.86. The Kier molecular flexibility index (Phi) is 3.09. The van der Waals surface area contributed by atoms with Crippen molar-refractivity contribution < 1.29 is 0 Å². The van der Waals surface area contributed by atoms with Crippen LogP contribution in [0.2, 0.25) is 0 Å². The van der Waals surface area contributed by atoms with Crippen LogP contribution in [0.4, 0.5) is 5.82 Å². The molecule has 0 atom stereocenters. The molecule has 6 heteroatoms. The van der Waals surface area contributed by atoms with Gasteiger partial charge in [-0.25, -0.2) is 0 Å². The summed E-state index contributed by atoms with van der Waals surface area (Å²) in [6.07, 6.45) is 0. The second kappa shape index (κ2) is 4.52. The second-order valence-electron chi connectivity index (χ2n) is 3.29. The average molecular weight is 235 g/mol. The number of hydrogen-bond acceptors (Lipinski definition) is 5. The summed E-state index contributed by atoms with van der Waals surface area (Å²) in [6, 6.07) is 5.58. The number of aromatic nitrogens is 4. The minimum absolute atomic E-state index is 0.578. The van der Waals surface area contributed by atoms with Crippen LogP contribution in [0, 0.1) is 6.92 Å². The van der Waals surface area contributed by atoms with Crippen LogP contribution in [0.1, 0.15) is 12.6 Å². The third-order valence-electron chi connectivity index (χ3n) is 2.01. The fourth-order valence-corrected chi connectivity index (χ4v) is 1.92. The van der Waals surface area contributed by atoms with Gasteiger partial charge in [-0.2, -0.15) is 14.9 Å². The Hall–Kier alpha value is -1.56. The third kappa shape index (κ3) is 2.16. The van der Waals surface area contributed by atoms with Gasteiger partial charge in [0.15, 0.2) is 5.82 Å². The van der Waals surface area contributed by atoms with Gasteiger partial charge in [-0.05, 0) is 24.8 Å². The molecule has 0 saturated heterocycles. The van der Waals surface area contributed by atoms with Gasteiger partial charge in [-0.1, -0.05) is 6.92 Å². The number of thioether (sulfide) groups is 1. The lowest BCUT2D eigenvalue weighted by molar-refractivity contribution is 0.787. The molecule has 84 valence electrons. The summed E-state index contributed by atoms with van der Waals surface area (Å²) in [6.45, 7) is 3.97. The highest BCUT2D eigenvalue weighted by Crippen LogP contribution is 2.20. The van der Waals surface area contributed by atoms with Crippen LogP contribution < -0.4 is 5.73 Å². The molecule has 0 fully saturated rings. The van der Waals surface area contributed by atoms with E-state index in [1.165, 1.54) is 0 Å².